The molecule has 1 aromatic heterocycles. The summed E-state index contributed by atoms with van der Waals surface area (Å²) in [6, 6.07) is 6.03. The molecule has 0 aliphatic rings. The van der Waals surface area contributed by atoms with E-state index in [0.717, 1.165) is 0 Å². The van der Waals surface area contributed by atoms with Gasteiger partial charge in [-0.15, -0.1) is 0 Å². The fourth-order valence-corrected chi connectivity index (χ4v) is 1.93. The molecule has 6 heteroatoms. The Hall–Kier alpha value is -2.50. The number of hydrogen-bond donors (Lipinski definition) is 1. The van der Waals surface area contributed by atoms with Crippen LogP contribution in [0.4, 0.5) is 5.69 Å². The molecule has 2 aromatic rings. The molecule has 0 aliphatic carbocycles. The Morgan fingerprint density at radius 1 is 1.42 bits per heavy atom. The maximum Gasteiger partial charge on any atom is 0.270 e. The average molecular weight is 259 g/mol. The van der Waals surface area contributed by atoms with Gasteiger partial charge in [-0.05, 0) is 13.3 Å². The Morgan fingerprint density at radius 2 is 2.16 bits per heavy atom. The van der Waals surface area contributed by atoms with Crippen molar-refractivity contribution in [3.8, 4) is 11.4 Å². The molecule has 6 nitrogen and oxygen atoms in total. The van der Waals surface area contributed by atoms with Gasteiger partial charge in [-0.25, -0.2) is 4.98 Å². The maximum atomic E-state index is 11.9. The van der Waals surface area contributed by atoms with Crippen LogP contribution in [0.3, 0.4) is 0 Å². The summed E-state index contributed by atoms with van der Waals surface area (Å²) in [7, 11) is 0. The van der Waals surface area contributed by atoms with Crippen LogP contribution in [0.15, 0.2) is 29.1 Å². The standard InChI is InChI=1S/C13H13N3O3/c1-3-11-8(2)14-12(15-13(11)17)9-5-4-6-10(7-9)16(18)19/h4-7H,3H2,1-2H3,(H,14,15,17). The second-order valence-electron chi connectivity index (χ2n) is 4.14. The molecule has 98 valence electrons. The monoisotopic (exact) mass is 259 g/mol. The topological polar surface area (TPSA) is 88.9 Å². The molecule has 1 N–H and O–H groups in total. The number of nitrogens with one attached hydrogen (secondary N) is 1. The van der Waals surface area contributed by atoms with Crippen molar-refractivity contribution >= 4 is 5.69 Å². The molecule has 0 spiro atoms. The zero-order valence-corrected chi connectivity index (χ0v) is 10.6. The van der Waals surface area contributed by atoms with Crippen LogP contribution >= 0.6 is 0 Å². The summed E-state index contributed by atoms with van der Waals surface area (Å²) >= 11 is 0. The third-order valence-electron chi connectivity index (χ3n) is 2.91. The molecule has 0 unspecified atom stereocenters. The minimum atomic E-state index is -0.477. The van der Waals surface area contributed by atoms with E-state index < -0.39 is 4.92 Å². The van der Waals surface area contributed by atoms with Crippen molar-refractivity contribution in [2.24, 2.45) is 0 Å². The van der Waals surface area contributed by atoms with E-state index in [9.17, 15) is 14.9 Å². The van der Waals surface area contributed by atoms with Gasteiger partial charge in [-0.1, -0.05) is 19.1 Å². The Balaban J connectivity index is 2.57. The third-order valence-corrected chi connectivity index (χ3v) is 2.91. The van der Waals surface area contributed by atoms with E-state index in [-0.39, 0.29) is 11.2 Å². The molecular weight excluding hydrogens is 246 g/mol. The number of rotatable bonds is 3. The lowest BCUT2D eigenvalue weighted by atomic mass is 10.1. The number of H-pyrrole nitrogens is 1. The molecular formula is C13H13N3O3. The molecule has 0 atom stereocenters. The van der Waals surface area contributed by atoms with Gasteiger partial charge in [-0.3, -0.25) is 14.9 Å². The first-order valence-corrected chi connectivity index (χ1v) is 5.87. The summed E-state index contributed by atoms with van der Waals surface area (Å²) in [6.07, 6.45) is 0.601. The maximum absolute atomic E-state index is 11.9. The van der Waals surface area contributed by atoms with Crippen molar-refractivity contribution in [1.82, 2.24) is 9.97 Å². The average Bonchev–Trinajstić information content (AvgIpc) is 2.38. The summed E-state index contributed by atoms with van der Waals surface area (Å²) in [5.41, 5.74) is 1.58. The van der Waals surface area contributed by atoms with Crippen molar-refractivity contribution in [2.45, 2.75) is 20.3 Å². The number of nitrogens with zero attached hydrogens (tertiary/aromatic N) is 2. The van der Waals surface area contributed by atoms with E-state index in [0.29, 0.717) is 29.1 Å². The Kier molecular flexibility index (Phi) is 3.41. The minimum Gasteiger partial charge on any atom is -0.306 e. The quantitative estimate of drug-likeness (QED) is 0.676. The van der Waals surface area contributed by atoms with Gasteiger partial charge in [0.25, 0.3) is 11.2 Å². The number of aromatic nitrogens is 2. The van der Waals surface area contributed by atoms with Crippen molar-refractivity contribution in [3.63, 3.8) is 0 Å². The van der Waals surface area contributed by atoms with Gasteiger partial charge in [0.15, 0.2) is 0 Å². The van der Waals surface area contributed by atoms with E-state index in [4.69, 9.17) is 0 Å². The first-order chi connectivity index (χ1) is 9.02. The lowest BCUT2D eigenvalue weighted by molar-refractivity contribution is -0.384. The SMILES string of the molecule is CCc1c(C)nc(-c2cccc([N+](=O)[O-])c2)[nH]c1=O. The van der Waals surface area contributed by atoms with Crippen LogP contribution in [0.5, 0.6) is 0 Å². The van der Waals surface area contributed by atoms with Gasteiger partial charge in [0.05, 0.1) is 4.92 Å². The number of nitro groups is 1. The van der Waals surface area contributed by atoms with Crippen LogP contribution in [0, 0.1) is 17.0 Å². The van der Waals surface area contributed by atoms with Gasteiger partial charge < -0.3 is 4.98 Å². The van der Waals surface area contributed by atoms with E-state index in [1.807, 2.05) is 6.92 Å². The zero-order valence-electron chi connectivity index (χ0n) is 10.6. The fourth-order valence-electron chi connectivity index (χ4n) is 1.93. The Labute approximate surface area is 109 Å². The van der Waals surface area contributed by atoms with Crippen molar-refractivity contribution in [1.29, 1.82) is 0 Å². The van der Waals surface area contributed by atoms with E-state index in [1.165, 1.54) is 12.1 Å². The molecule has 0 amide bonds. The van der Waals surface area contributed by atoms with Gasteiger partial charge in [0.1, 0.15) is 5.82 Å². The summed E-state index contributed by atoms with van der Waals surface area (Å²) < 4.78 is 0. The zero-order chi connectivity index (χ0) is 14.0. The second-order valence-corrected chi connectivity index (χ2v) is 4.14. The normalized spacial score (nSPS) is 10.4. The van der Waals surface area contributed by atoms with Crippen molar-refractivity contribution in [3.05, 3.63) is 56.0 Å². The number of nitro benzene ring substituents is 1. The molecule has 0 fully saturated rings. The van der Waals surface area contributed by atoms with Gasteiger partial charge in [0, 0.05) is 29.0 Å². The Morgan fingerprint density at radius 3 is 2.74 bits per heavy atom. The molecule has 0 bridgehead atoms. The molecule has 1 heterocycles. The first kappa shape index (κ1) is 12.9. The molecule has 2 rings (SSSR count). The van der Waals surface area contributed by atoms with E-state index in [2.05, 4.69) is 9.97 Å². The summed E-state index contributed by atoms with van der Waals surface area (Å²) in [5.74, 6) is 0.350. The van der Waals surface area contributed by atoms with Crippen LogP contribution in [0.1, 0.15) is 18.2 Å². The van der Waals surface area contributed by atoms with Gasteiger partial charge in [-0.2, -0.15) is 0 Å². The lowest BCUT2D eigenvalue weighted by Crippen LogP contribution is -2.16. The predicted octanol–water partition coefficient (Wildman–Crippen LogP) is 2.22. The number of non-ortho nitro benzene ring substituents is 1. The summed E-state index contributed by atoms with van der Waals surface area (Å²) in [6.45, 7) is 3.64. The Bertz CT molecular complexity index is 692. The molecule has 19 heavy (non-hydrogen) atoms. The number of aromatic amines is 1. The summed E-state index contributed by atoms with van der Waals surface area (Å²) in [4.78, 5) is 29.1. The molecule has 0 saturated carbocycles. The lowest BCUT2D eigenvalue weighted by Gasteiger charge is -2.05. The number of hydrogen-bond acceptors (Lipinski definition) is 4. The van der Waals surface area contributed by atoms with Crippen LogP contribution in [0.25, 0.3) is 11.4 Å². The van der Waals surface area contributed by atoms with E-state index in [1.54, 1.807) is 19.1 Å². The molecule has 0 aliphatic heterocycles. The predicted molar refractivity (Wildman–Crippen MR) is 71.1 cm³/mol. The highest BCUT2D eigenvalue weighted by Gasteiger charge is 2.11. The molecule has 0 saturated heterocycles. The minimum absolute atomic E-state index is 0.0302. The highest BCUT2D eigenvalue weighted by Crippen LogP contribution is 2.20. The first-order valence-electron chi connectivity index (χ1n) is 5.87. The number of aryl methyl sites for hydroxylation is 1. The third kappa shape index (κ3) is 2.52. The van der Waals surface area contributed by atoms with Gasteiger partial charge in [0.2, 0.25) is 0 Å². The van der Waals surface area contributed by atoms with Crippen LogP contribution in [-0.4, -0.2) is 14.9 Å². The van der Waals surface area contributed by atoms with Crippen LogP contribution in [-0.2, 0) is 6.42 Å². The van der Waals surface area contributed by atoms with Crippen LogP contribution < -0.4 is 5.56 Å². The van der Waals surface area contributed by atoms with Crippen molar-refractivity contribution in [2.75, 3.05) is 0 Å². The van der Waals surface area contributed by atoms with Crippen LogP contribution in [0.2, 0.25) is 0 Å². The number of benzene rings is 1. The second kappa shape index (κ2) is 5.01. The van der Waals surface area contributed by atoms with E-state index >= 15 is 0 Å². The van der Waals surface area contributed by atoms with Gasteiger partial charge >= 0.3 is 0 Å². The highest BCUT2D eigenvalue weighted by atomic mass is 16.6. The fraction of sp³-hybridized carbons (Fsp3) is 0.231. The highest BCUT2D eigenvalue weighted by molar-refractivity contribution is 5.59. The molecule has 1 aromatic carbocycles. The summed E-state index contributed by atoms with van der Waals surface area (Å²) in [5, 5.41) is 10.7. The van der Waals surface area contributed by atoms with Crippen molar-refractivity contribution < 1.29 is 4.92 Å². The molecule has 0 radical (unpaired) electrons. The largest absolute Gasteiger partial charge is 0.306 e. The smallest absolute Gasteiger partial charge is 0.270 e.